The highest BCUT2D eigenvalue weighted by Crippen LogP contribution is 2.19. The molecule has 1 aromatic heterocycles. The number of hydrogen-bond acceptors (Lipinski definition) is 3. The van der Waals surface area contributed by atoms with E-state index in [9.17, 15) is 8.42 Å². The Labute approximate surface area is 155 Å². The van der Waals surface area contributed by atoms with Gasteiger partial charge in [-0.05, 0) is 43.9 Å². The van der Waals surface area contributed by atoms with Gasteiger partial charge in [0.25, 0.3) is 0 Å². The fraction of sp³-hybridized carbons (Fsp3) is 0.500. The average Bonchev–Trinajstić information content (AvgIpc) is 2.95. The molecule has 26 heavy (non-hydrogen) atoms. The molecule has 0 aliphatic carbocycles. The van der Waals surface area contributed by atoms with Crippen LogP contribution in [-0.4, -0.2) is 51.8 Å². The monoisotopic (exact) mass is 379 g/mol. The number of nitrogens with one attached hydrogen (secondary N) is 4. The standard InChI is InChI=1S/C18H29N5O2S/c1-4-19-18(20-9-5-10-23-26(3,24)25)21-11-8-15-13-22-17-12-14(2)6-7-16(15)17/h6-7,12-13,22-23H,4-5,8-11H2,1-3H3,(H2,19,20,21). The van der Waals surface area contributed by atoms with E-state index < -0.39 is 10.0 Å². The van der Waals surface area contributed by atoms with E-state index in [4.69, 9.17) is 0 Å². The van der Waals surface area contributed by atoms with Gasteiger partial charge in [-0.15, -0.1) is 0 Å². The van der Waals surface area contributed by atoms with E-state index in [1.54, 1.807) is 0 Å². The zero-order chi connectivity index (χ0) is 19.0. The first kappa shape index (κ1) is 20.3. The summed E-state index contributed by atoms with van der Waals surface area (Å²) in [6, 6.07) is 6.44. The maximum atomic E-state index is 11.0. The second-order valence-corrected chi connectivity index (χ2v) is 8.15. The molecule has 4 N–H and O–H groups in total. The third kappa shape index (κ3) is 6.68. The Morgan fingerprint density at radius 1 is 1.23 bits per heavy atom. The summed E-state index contributed by atoms with van der Waals surface area (Å²) >= 11 is 0. The number of benzene rings is 1. The van der Waals surface area contributed by atoms with Gasteiger partial charge in [-0.2, -0.15) is 0 Å². The van der Waals surface area contributed by atoms with Crippen LogP contribution < -0.4 is 15.4 Å². The minimum atomic E-state index is -3.13. The molecule has 0 radical (unpaired) electrons. The number of hydrogen-bond donors (Lipinski definition) is 4. The van der Waals surface area contributed by atoms with Crippen molar-refractivity contribution in [2.45, 2.75) is 26.7 Å². The molecule has 1 aromatic carbocycles. The first-order valence-electron chi connectivity index (χ1n) is 8.92. The van der Waals surface area contributed by atoms with Gasteiger partial charge in [-0.1, -0.05) is 12.1 Å². The molecule has 0 saturated carbocycles. The maximum absolute atomic E-state index is 11.0. The first-order valence-corrected chi connectivity index (χ1v) is 10.8. The lowest BCUT2D eigenvalue weighted by Gasteiger charge is -2.11. The number of aryl methyl sites for hydroxylation is 1. The number of aromatic amines is 1. The summed E-state index contributed by atoms with van der Waals surface area (Å²) in [7, 11) is -3.13. The van der Waals surface area contributed by atoms with Crippen molar-refractivity contribution in [3.63, 3.8) is 0 Å². The molecular weight excluding hydrogens is 350 g/mol. The highest BCUT2D eigenvalue weighted by Gasteiger charge is 2.04. The molecule has 1 heterocycles. The smallest absolute Gasteiger partial charge is 0.208 e. The molecule has 2 rings (SSSR count). The summed E-state index contributed by atoms with van der Waals surface area (Å²) in [5.41, 5.74) is 3.69. The number of rotatable bonds is 9. The molecule has 0 atom stereocenters. The van der Waals surface area contributed by atoms with E-state index in [1.807, 2.05) is 6.92 Å². The molecule has 0 amide bonds. The minimum Gasteiger partial charge on any atom is -0.361 e. The van der Waals surface area contributed by atoms with Crippen LogP contribution in [-0.2, 0) is 16.4 Å². The third-order valence-corrected chi connectivity index (χ3v) is 4.65. The molecule has 0 bridgehead atoms. The zero-order valence-electron chi connectivity index (χ0n) is 15.7. The summed E-state index contributed by atoms with van der Waals surface area (Å²) in [4.78, 5) is 7.80. The van der Waals surface area contributed by atoms with Gasteiger partial charge in [0.05, 0.1) is 6.26 Å². The van der Waals surface area contributed by atoms with Gasteiger partial charge in [-0.3, -0.25) is 4.99 Å². The van der Waals surface area contributed by atoms with Crippen molar-refractivity contribution >= 4 is 26.9 Å². The van der Waals surface area contributed by atoms with Crippen LogP contribution in [0.15, 0.2) is 29.4 Å². The summed E-state index contributed by atoms with van der Waals surface area (Å²) in [5, 5.41) is 7.79. The number of H-pyrrole nitrogens is 1. The lowest BCUT2D eigenvalue weighted by atomic mass is 10.1. The Bertz CT molecular complexity index is 842. The minimum absolute atomic E-state index is 0.399. The molecule has 7 nitrogen and oxygen atoms in total. The van der Waals surface area contributed by atoms with Crippen LogP contribution in [0.3, 0.4) is 0 Å². The van der Waals surface area contributed by atoms with Crippen LogP contribution in [0.25, 0.3) is 10.9 Å². The van der Waals surface area contributed by atoms with Crippen molar-refractivity contribution < 1.29 is 8.42 Å². The lowest BCUT2D eigenvalue weighted by Crippen LogP contribution is -2.38. The van der Waals surface area contributed by atoms with E-state index in [1.165, 1.54) is 22.0 Å². The normalized spacial score (nSPS) is 12.5. The quantitative estimate of drug-likeness (QED) is 0.302. The number of aromatic nitrogens is 1. The highest BCUT2D eigenvalue weighted by atomic mass is 32.2. The van der Waals surface area contributed by atoms with Gasteiger partial charge < -0.3 is 15.6 Å². The molecule has 2 aromatic rings. The van der Waals surface area contributed by atoms with Gasteiger partial charge in [0.2, 0.25) is 10.0 Å². The predicted octanol–water partition coefficient (Wildman–Crippen LogP) is 1.51. The molecule has 0 unspecified atom stereocenters. The van der Waals surface area contributed by atoms with E-state index in [0.717, 1.165) is 31.7 Å². The van der Waals surface area contributed by atoms with Crippen LogP contribution in [0.2, 0.25) is 0 Å². The van der Waals surface area contributed by atoms with Crippen LogP contribution in [0, 0.1) is 6.92 Å². The van der Waals surface area contributed by atoms with Crippen molar-refractivity contribution in [2.24, 2.45) is 4.99 Å². The number of fused-ring (bicyclic) bond motifs is 1. The van der Waals surface area contributed by atoms with Gasteiger partial charge in [0, 0.05) is 43.3 Å². The van der Waals surface area contributed by atoms with E-state index >= 15 is 0 Å². The summed E-state index contributed by atoms with van der Waals surface area (Å²) in [6.45, 7) is 6.62. The van der Waals surface area contributed by atoms with Crippen molar-refractivity contribution in [1.29, 1.82) is 0 Å². The number of guanidine groups is 1. The summed E-state index contributed by atoms with van der Waals surface area (Å²) in [5.74, 6) is 0.752. The summed E-state index contributed by atoms with van der Waals surface area (Å²) in [6.07, 6.45) is 4.77. The van der Waals surface area contributed by atoms with Gasteiger partial charge in [0.1, 0.15) is 0 Å². The van der Waals surface area contributed by atoms with E-state index in [0.29, 0.717) is 19.5 Å². The predicted molar refractivity (Wildman–Crippen MR) is 108 cm³/mol. The average molecular weight is 380 g/mol. The van der Waals surface area contributed by atoms with Crippen LogP contribution in [0.1, 0.15) is 24.5 Å². The van der Waals surface area contributed by atoms with Crippen LogP contribution in [0.4, 0.5) is 0 Å². The second kappa shape index (κ2) is 9.59. The van der Waals surface area contributed by atoms with Gasteiger partial charge in [-0.25, -0.2) is 13.1 Å². The number of aliphatic imine (C=N–C) groups is 1. The van der Waals surface area contributed by atoms with E-state index in [2.05, 4.69) is 56.7 Å². The molecule has 0 aliphatic heterocycles. The molecule has 0 aliphatic rings. The lowest BCUT2D eigenvalue weighted by molar-refractivity contribution is 0.585. The summed E-state index contributed by atoms with van der Waals surface area (Å²) < 4.78 is 24.5. The molecular formula is C18H29N5O2S. The van der Waals surface area contributed by atoms with Crippen molar-refractivity contribution in [3.05, 3.63) is 35.5 Å². The number of nitrogens with zero attached hydrogens (tertiary/aromatic N) is 1. The Morgan fingerprint density at radius 2 is 2.04 bits per heavy atom. The Morgan fingerprint density at radius 3 is 2.77 bits per heavy atom. The van der Waals surface area contributed by atoms with Crippen molar-refractivity contribution in [2.75, 3.05) is 32.4 Å². The molecule has 144 valence electrons. The van der Waals surface area contributed by atoms with Gasteiger partial charge >= 0.3 is 0 Å². The molecule has 0 fully saturated rings. The topological polar surface area (TPSA) is 98.4 Å². The first-order chi connectivity index (χ1) is 12.4. The molecule has 8 heteroatoms. The zero-order valence-corrected chi connectivity index (χ0v) is 16.5. The maximum Gasteiger partial charge on any atom is 0.208 e. The van der Waals surface area contributed by atoms with Crippen molar-refractivity contribution in [3.8, 4) is 0 Å². The SMILES string of the molecule is CCNC(=NCCCNS(C)(=O)=O)NCCc1c[nH]c2cc(C)ccc12. The highest BCUT2D eigenvalue weighted by molar-refractivity contribution is 7.88. The largest absolute Gasteiger partial charge is 0.361 e. The third-order valence-electron chi connectivity index (χ3n) is 3.92. The molecule has 0 saturated heterocycles. The van der Waals surface area contributed by atoms with E-state index in [-0.39, 0.29) is 0 Å². The Balaban J connectivity index is 1.82. The fourth-order valence-electron chi connectivity index (χ4n) is 2.69. The molecule has 0 spiro atoms. The van der Waals surface area contributed by atoms with Crippen LogP contribution in [0.5, 0.6) is 0 Å². The van der Waals surface area contributed by atoms with Gasteiger partial charge in [0.15, 0.2) is 5.96 Å². The van der Waals surface area contributed by atoms with Crippen LogP contribution >= 0.6 is 0 Å². The number of sulfonamides is 1. The van der Waals surface area contributed by atoms with Crippen molar-refractivity contribution in [1.82, 2.24) is 20.3 Å². The Hall–Kier alpha value is -2.06. The second-order valence-electron chi connectivity index (χ2n) is 6.32. The Kier molecular flexibility index (Phi) is 7.47. The fourth-order valence-corrected chi connectivity index (χ4v) is 3.21.